The van der Waals surface area contributed by atoms with Crippen molar-refractivity contribution in [1.29, 1.82) is 0 Å². The summed E-state index contributed by atoms with van der Waals surface area (Å²) in [6, 6.07) is 13.7. The first-order chi connectivity index (χ1) is 20.2. The van der Waals surface area contributed by atoms with Crippen LogP contribution in [0.4, 0.5) is 20.2 Å². The number of pyridine rings is 1. The van der Waals surface area contributed by atoms with Crippen molar-refractivity contribution in [1.82, 2.24) is 4.98 Å². The number of anilines is 2. The Bertz CT molecular complexity index is 1680. The molecule has 0 radical (unpaired) electrons. The summed E-state index contributed by atoms with van der Waals surface area (Å²) in [5.74, 6) is -2.92. The first-order valence-corrected chi connectivity index (χ1v) is 12.8. The second-order valence-corrected chi connectivity index (χ2v) is 9.54. The molecule has 1 fully saturated rings. The SMILES string of the molecule is COc1cc2c(Oc3ccc(NC(=O)C4(C(=O)Nc5ccc(F)cc5)CC4)cc3F)ccnc2cc1OCCC(=O)[O-].[K+]. The molecule has 1 heterocycles. The van der Waals surface area contributed by atoms with Gasteiger partial charge in [0.2, 0.25) is 11.8 Å². The van der Waals surface area contributed by atoms with E-state index in [-0.39, 0.29) is 93.1 Å². The fraction of sp³-hybridized carbons (Fsp3) is 0.200. The third-order valence-corrected chi connectivity index (χ3v) is 6.68. The fourth-order valence-electron chi connectivity index (χ4n) is 4.23. The van der Waals surface area contributed by atoms with Crippen LogP contribution >= 0.6 is 0 Å². The van der Waals surface area contributed by atoms with Crippen LogP contribution in [0.1, 0.15) is 19.3 Å². The Morgan fingerprint density at radius 2 is 1.56 bits per heavy atom. The maximum atomic E-state index is 15.1. The van der Waals surface area contributed by atoms with Gasteiger partial charge in [-0.2, -0.15) is 0 Å². The maximum absolute atomic E-state index is 15.1. The zero-order chi connectivity index (χ0) is 29.9. The molecule has 0 spiro atoms. The van der Waals surface area contributed by atoms with Crippen molar-refractivity contribution in [3.05, 3.63) is 78.5 Å². The molecule has 1 aromatic heterocycles. The number of amides is 2. The summed E-state index contributed by atoms with van der Waals surface area (Å²) < 4.78 is 44.9. The zero-order valence-electron chi connectivity index (χ0n) is 23.2. The average molecular weight is 616 g/mol. The van der Waals surface area contributed by atoms with Crippen molar-refractivity contribution in [3.8, 4) is 23.0 Å². The Kier molecular flexibility index (Phi) is 10.3. The van der Waals surface area contributed by atoms with Crippen molar-refractivity contribution >= 4 is 40.1 Å². The number of carboxylic acid groups (broad SMARTS) is 1. The maximum Gasteiger partial charge on any atom is 1.00 e. The number of methoxy groups -OCH3 is 1. The summed E-state index contributed by atoms with van der Waals surface area (Å²) in [4.78, 5) is 40.7. The van der Waals surface area contributed by atoms with Gasteiger partial charge in [-0.15, -0.1) is 0 Å². The first kappa shape index (κ1) is 32.3. The van der Waals surface area contributed by atoms with Crippen LogP contribution < -0.4 is 81.3 Å². The average Bonchev–Trinajstić information content (AvgIpc) is 3.78. The number of benzene rings is 3. The second kappa shape index (κ2) is 13.8. The largest absolute Gasteiger partial charge is 1.00 e. The Hall–Kier alpha value is -3.62. The number of hydrogen-bond donors (Lipinski definition) is 2. The molecule has 1 saturated carbocycles. The smallest absolute Gasteiger partial charge is 0.550 e. The number of ether oxygens (including phenoxy) is 3. The van der Waals surface area contributed by atoms with Crippen LogP contribution in [0.15, 0.2) is 66.9 Å². The fourth-order valence-corrected chi connectivity index (χ4v) is 4.23. The van der Waals surface area contributed by atoms with E-state index in [9.17, 15) is 23.9 Å². The van der Waals surface area contributed by atoms with Crippen molar-refractivity contribution in [2.45, 2.75) is 19.3 Å². The van der Waals surface area contributed by atoms with E-state index in [4.69, 9.17) is 14.2 Å². The minimum absolute atomic E-state index is 0. The molecule has 0 aliphatic heterocycles. The molecule has 1 aliphatic carbocycles. The minimum Gasteiger partial charge on any atom is -0.550 e. The molecule has 5 rings (SSSR count). The van der Waals surface area contributed by atoms with E-state index in [0.717, 1.165) is 6.07 Å². The van der Waals surface area contributed by atoms with Crippen LogP contribution in [0, 0.1) is 17.0 Å². The van der Waals surface area contributed by atoms with Crippen molar-refractivity contribution < 1.29 is 93.9 Å². The molecule has 10 nitrogen and oxygen atoms in total. The van der Waals surface area contributed by atoms with Gasteiger partial charge in [-0.05, 0) is 61.4 Å². The third kappa shape index (κ3) is 7.48. The first-order valence-electron chi connectivity index (χ1n) is 12.8. The monoisotopic (exact) mass is 615 g/mol. The normalized spacial score (nSPS) is 12.9. The number of aromatic nitrogens is 1. The quantitative estimate of drug-likeness (QED) is 0.190. The van der Waals surface area contributed by atoms with Gasteiger partial charge >= 0.3 is 51.4 Å². The number of aliphatic carboxylic acids is 1. The van der Waals surface area contributed by atoms with Gasteiger partial charge in [0, 0.05) is 47.5 Å². The number of hydrogen-bond acceptors (Lipinski definition) is 8. The van der Waals surface area contributed by atoms with Crippen molar-refractivity contribution in [3.63, 3.8) is 0 Å². The molecular formula is C30H24F2KN3O7. The topological polar surface area (TPSA) is 139 Å². The van der Waals surface area contributed by atoms with E-state index in [1.165, 1.54) is 55.8 Å². The van der Waals surface area contributed by atoms with Gasteiger partial charge in [0.15, 0.2) is 23.1 Å². The number of nitrogens with one attached hydrogen (secondary N) is 2. The van der Waals surface area contributed by atoms with Crippen LogP contribution in [0.3, 0.4) is 0 Å². The Balaban J connectivity index is 0.00000423. The molecule has 0 unspecified atom stereocenters. The van der Waals surface area contributed by atoms with Crippen molar-refractivity contribution in [2.75, 3.05) is 24.4 Å². The number of rotatable bonds is 11. The van der Waals surface area contributed by atoms with Crippen LogP contribution in [0.2, 0.25) is 0 Å². The van der Waals surface area contributed by atoms with Crippen LogP contribution in [-0.2, 0) is 14.4 Å². The summed E-state index contributed by atoms with van der Waals surface area (Å²) in [6.07, 6.45) is 1.78. The second-order valence-electron chi connectivity index (χ2n) is 9.54. The molecule has 0 bridgehead atoms. The van der Waals surface area contributed by atoms with Gasteiger partial charge in [-0.3, -0.25) is 14.6 Å². The van der Waals surface area contributed by atoms with Gasteiger partial charge < -0.3 is 34.7 Å². The molecule has 216 valence electrons. The van der Waals surface area contributed by atoms with E-state index >= 15 is 4.39 Å². The Morgan fingerprint density at radius 1 is 0.884 bits per heavy atom. The van der Waals surface area contributed by atoms with Gasteiger partial charge in [0.25, 0.3) is 0 Å². The molecule has 2 N–H and O–H groups in total. The summed E-state index contributed by atoms with van der Waals surface area (Å²) in [5.41, 5.74) is -0.393. The van der Waals surface area contributed by atoms with E-state index in [2.05, 4.69) is 15.6 Å². The number of carboxylic acids is 1. The van der Waals surface area contributed by atoms with Gasteiger partial charge in [0.05, 0.1) is 19.2 Å². The molecular weight excluding hydrogens is 591 g/mol. The van der Waals surface area contributed by atoms with Crippen LogP contribution in [0.25, 0.3) is 10.9 Å². The third-order valence-electron chi connectivity index (χ3n) is 6.68. The van der Waals surface area contributed by atoms with E-state index in [0.29, 0.717) is 29.4 Å². The molecule has 2 amide bonds. The predicted molar refractivity (Wildman–Crippen MR) is 145 cm³/mol. The zero-order valence-corrected chi connectivity index (χ0v) is 26.4. The molecule has 3 aromatic carbocycles. The van der Waals surface area contributed by atoms with Crippen LogP contribution in [0.5, 0.6) is 23.0 Å². The van der Waals surface area contributed by atoms with Crippen molar-refractivity contribution in [2.24, 2.45) is 5.41 Å². The van der Waals surface area contributed by atoms with Gasteiger partial charge in [-0.25, -0.2) is 8.78 Å². The minimum atomic E-state index is -1.30. The number of fused-ring (bicyclic) bond motifs is 1. The van der Waals surface area contributed by atoms with Gasteiger partial charge in [-0.1, -0.05) is 0 Å². The Labute approximate surface area is 287 Å². The van der Waals surface area contributed by atoms with E-state index in [1.807, 2.05) is 0 Å². The number of halogens is 2. The molecule has 0 atom stereocenters. The Morgan fingerprint density at radius 3 is 2.19 bits per heavy atom. The molecule has 4 aromatic rings. The molecule has 43 heavy (non-hydrogen) atoms. The number of nitrogens with zero attached hydrogens (tertiary/aromatic N) is 1. The standard InChI is InChI=1S/C30H25F2N3O7.K/c1-40-25-15-20-22(16-26(25)41-13-9-27(36)37)33-12-8-23(20)42-24-7-6-19(14-21(24)32)35-29(39)30(10-11-30)28(38)34-18-4-2-17(31)3-5-18;/h2-8,12,14-16H,9-11,13H2,1H3,(H,34,38)(H,35,39)(H,36,37);/q;+1/p-1. The molecule has 13 heteroatoms. The van der Waals surface area contributed by atoms with E-state index < -0.39 is 34.8 Å². The van der Waals surface area contributed by atoms with E-state index in [1.54, 1.807) is 12.1 Å². The summed E-state index contributed by atoms with van der Waals surface area (Å²) >= 11 is 0. The summed E-state index contributed by atoms with van der Waals surface area (Å²) in [5, 5.41) is 16.4. The molecule has 1 aliphatic rings. The van der Waals surface area contributed by atoms with Crippen LogP contribution in [-0.4, -0.2) is 36.5 Å². The molecule has 0 saturated heterocycles. The van der Waals surface area contributed by atoms with Gasteiger partial charge in [0.1, 0.15) is 17.0 Å². The summed E-state index contributed by atoms with van der Waals surface area (Å²) in [7, 11) is 1.41. The number of carbonyl (C=O) groups is 3. The summed E-state index contributed by atoms with van der Waals surface area (Å²) in [6.45, 7) is -0.130. The number of carbonyl (C=O) groups excluding carboxylic acids is 3. The predicted octanol–water partition coefficient (Wildman–Crippen LogP) is 1.19.